The Bertz CT molecular complexity index is 354. The third-order valence-electron chi connectivity index (χ3n) is 3.70. The molecule has 0 unspecified atom stereocenters. The van der Waals surface area contributed by atoms with Crippen LogP contribution in [0.15, 0.2) is 11.6 Å². The number of hydrogen-bond acceptors (Lipinski definition) is 3. The van der Waals surface area contributed by atoms with Crippen LogP contribution in [0, 0.1) is 17.3 Å². The van der Waals surface area contributed by atoms with Crippen molar-refractivity contribution >= 4 is 11.8 Å². The molecule has 0 amide bonds. The quantitative estimate of drug-likeness (QED) is 0.663. The SMILES string of the molecule is CC(=O)OCC1=CC(=O)[C@]2(C(C)C)C[C@H]12. The summed E-state index contributed by atoms with van der Waals surface area (Å²) in [7, 11) is 0. The molecule has 0 heterocycles. The molecule has 3 nitrogen and oxygen atoms in total. The van der Waals surface area contributed by atoms with E-state index >= 15 is 0 Å². The number of rotatable bonds is 3. The molecule has 0 radical (unpaired) electrons. The van der Waals surface area contributed by atoms with Gasteiger partial charge in [0.05, 0.1) is 0 Å². The fourth-order valence-corrected chi connectivity index (χ4v) is 2.67. The maximum Gasteiger partial charge on any atom is 0.302 e. The molecule has 2 rings (SSSR count). The van der Waals surface area contributed by atoms with E-state index < -0.39 is 0 Å². The Morgan fingerprint density at radius 3 is 2.73 bits per heavy atom. The van der Waals surface area contributed by atoms with Gasteiger partial charge in [0.2, 0.25) is 0 Å². The average Bonchev–Trinajstić information content (AvgIpc) is 2.82. The van der Waals surface area contributed by atoms with E-state index in [0.29, 0.717) is 18.4 Å². The third kappa shape index (κ3) is 1.41. The summed E-state index contributed by atoms with van der Waals surface area (Å²) in [4.78, 5) is 22.5. The van der Waals surface area contributed by atoms with Crippen LogP contribution in [0.2, 0.25) is 0 Å². The summed E-state index contributed by atoms with van der Waals surface area (Å²) in [5.41, 5.74) is 0.860. The van der Waals surface area contributed by atoms with Crippen LogP contribution in [0.25, 0.3) is 0 Å². The van der Waals surface area contributed by atoms with Gasteiger partial charge in [-0.1, -0.05) is 13.8 Å². The molecule has 2 atom stereocenters. The second kappa shape index (κ2) is 3.19. The van der Waals surface area contributed by atoms with Crippen molar-refractivity contribution in [2.75, 3.05) is 6.61 Å². The highest BCUT2D eigenvalue weighted by Gasteiger charge is 2.65. The standard InChI is InChI=1S/C12H16O3/c1-7(2)12-5-10(12)9(4-11(12)14)6-15-8(3)13/h4,7,10H,5-6H2,1-3H3/t10-,12+/m1/s1. The second-order valence-electron chi connectivity index (χ2n) is 4.82. The summed E-state index contributed by atoms with van der Waals surface area (Å²) in [5.74, 6) is 0.654. The van der Waals surface area contributed by atoms with Gasteiger partial charge in [0.1, 0.15) is 6.61 Å². The van der Waals surface area contributed by atoms with E-state index in [1.807, 2.05) is 0 Å². The number of hydrogen-bond donors (Lipinski definition) is 0. The van der Waals surface area contributed by atoms with Crippen LogP contribution in [0.5, 0.6) is 0 Å². The van der Waals surface area contributed by atoms with E-state index in [9.17, 15) is 9.59 Å². The summed E-state index contributed by atoms with van der Waals surface area (Å²) in [6.07, 6.45) is 2.62. The van der Waals surface area contributed by atoms with Crippen LogP contribution in [-0.4, -0.2) is 18.4 Å². The topological polar surface area (TPSA) is 43.4 Å². The van der Waals surface area contributed by atoms with E-state index in [4.69, 9.17) is 4.74 Å². The van der Waals surface area contributed by atoms with Gasteiger partial charge in [0.25, 0.3) is 0 Å². The minimum Gasteiger partial charge on any atom is -0.461 e. The van der Waals surface area contributed by atoms with Gasteiger partial charge in [-0.3, -0.25) is 9.59 Å². The number of allylic oxidation sites excluding steroid dienone is 1. The maximum absolute atomic E-state index is 11.8. The Morgan fingerprint density at radius 2 is 2.33 bits per heavy atom. The largest absolute Gasteiger partial charge is 0.461 e. The van der Waals surface area contributed by atoms with Crippen molar-refractivity contribution in [3.8, 4) is 0 Å². The van der Waals surface area contributed by atoms with E-state index in [-0.39, 0.29) is 17.2 Å². The van der Waals surface area contributed by atoms with Crippen LogP contribution < -0.4 is 0 Å². The van der Waals surface area contributed by atoms with Crippen LogP contribution in [0.4, 0.5) is 0 Å². The zero-order valence-corrected chi connectivity index (χ0v) is 9.37. The fourth-order valence-electron chi connectivity index (χ4n) is 2.67. The molecular weight excluding hydrogens is 192 g/mol. The summed E-state index contributed by atoms with van der Waals surface area (Å²) in [6.45, 7) is 5.85. The van der Waals surface area contributed by atoms with E-state index in [0.717, 1.165) is 12.0 Å². The molecule has 2 aliphatic carbocycles. The van der Waals surface area contributed by atoms with Gasteiger partial charge in [-0.15, -0.1) is 0 Å². The van der Waals surface area contributed by atoms with Gasteiger partial charge >= 0.3 is 5.97 Å². The normalized spacial score (nSPS) is 32.7. The molecule has 0 spiro atoms. The lowest BCUT2D eigenvalue weighted by Crippen LogP contribution is -2.19. The molecule has 0 aromatic rings. The van der Waals surface area contributed by atoms with E-state index in [1.165, 1.54) is 6.92 Å². The first-order valence-electron chi connectivity index (χ1n) is 5.36. The van der Waals surface area contributed by atoms with Crippen LogP contribution in [-0.2, 0) is 14.3 Å². The predicted molar refractivity (Wildman–Crippen MR) is 55.1 cm³/mol. The highest BCUT2D eigenvalue weighted by Crippen LogP contribution is 2.65. The first-order valence-corrected chi connectivity index (χ1v) is 5.36. The highest BCUT2D eigenvalue weighted by atomic mass is 16.5. The van der Waals surface area contributed by atoms with Crippen LogP contribution in [0.3, 0.4) is 0 Å². The molecule has 0 aliphatic heterocycles. The number of ether oxygens (including phenoxy) is 1. The first-order chi connectivity index (χ1) is 6.98. The number of carbonyl (C=O) groups excluding carboxylic acids is 2. The van der Waals surface area contributed by atoms with Crippen molar-refractivity contribution in [3.63, 3.8) is 0 Å². The van der Waals surface area contributed by atoms with Crippen molar-refractivity contribution in [1.29, 1.82) is 0 Å². The van der Waals surface area contributed by atoms with Crippen molar-refractivity contribution < 1.29 is 14.3 Å². The predicted octanol–water partition coefficient (Wildman–Crippen LogP) is 1.72. The molecule has 0 aromatic heterocycles. The number of esters is 1. The summed E-state index contributed by atoms with van der Waals surface area (Å²) in [6, 6.07) is 0. The third-order valence-corrected chi connectivity index (χ3v) is 3.70. The zero-order chi connectivity index (χ0) is 11.2. The van der Waals surface area contributed by atoms with Gasteiger partial charge in [-0.05, 0) is 29.9 Å². The van der Waals surface area contributed by atoms with E-state index in [1.54, 1.807) is 6.08 Å². The van der Waals surface area contributed by atoms with Crippen molar-refractivity contribution in [1.82, 2.24) is 0 Å². The molecule has 0 aromatic carbocycles. The summed E-state index contributed by atoms with van der Waals surface area (Å²) < 4.78 is 4.94. The smallest absolute Gasteiger partial charge is 0.302 e. The van der Waals surface area contributed by atoms with E-state index in [2.05, 4.69) is 13.8 Å². The summed E-state index contributed by atoms with van der Waals surface area (Å²) >= 11 is 0. The molecule has 0 saturated heterocycles. The lowest BCUT2D eigenvalue weighted by atomic mass is 9.88. The van der Waals surface area contributed by atoms with Gasteiger partial charge in [-0.25, -0.2) is 0 Å². The molecule has 1 saturated carbocycles. The Hall–Kier alpha value is -1.12. The number of fused-ring (bicyclic) bond motifs is 1. The molecular formula is C12H16O3. The van der Waals surface area contributed by atoms with Crippen molar-refractivity contribution in [2.24, 2.45) is 17.3 Å². The molecule has 0 bridgehead atoms. The minimum atomic E-state index is -0.286. The molecule has 3 heteroatoms. The monoisotopic (exact) mass is 208 g/mol. The highest BCUT2D eigenvalue weighted by molar-refractivity contribution is 6.02. The Balaban J connectivity index is 2.05. The fraction of sp³-hybridized carbons (Fsp3) is 0.667. The molecule has 0 N–H and O–H groups in total. The lowest BCUT2D eigenvalue weighted by Gasteiger charge is -2.14. The van der Waals surface area contributed by atoms with Crippen molar-refractivity contribution in [2.45, 2.75) is 27.2 Å². The maximum atomic E-state index is 11.8. The molecule has 15 heavy (non-hydrogen) atoms. The Morgan fingerprint density at radius 1 is 1.67 bits per heavy atom. The van der Waals surface area contributed by atoms with Crippen LogP contribution >= 0.6 is 0 Å². The second-order valence-corrected chi connectivity index (χ2v) is 4.82. The average molecular weight is 208 g/mol. The van der Waals surface area contributed by atoms with Gasteiger partial charge in [0.15, 0.2) is 5.78 Å². The molecule has 2 aliphatic rings. The van der Waals surface area contributed by atoms with Gasteiger partial charge in [-0.2, -0.15) is 0 Å². The Kier molecular flexibility index (Phi) is 2.21. The molecule has 82 valence electrons. The number of ketones is 1. The van der Waals surface area contributed by atoms with Crippen LogP contribution in [0.1, 0.15) is 27.2 Å². The minimum absolute atomic E-state index is 0.143. The number of carbonyl (C=O) groups is 2. The first kappa shape index (κ1) is 10.4. The summed E-state index contributed by atoms with van der Waals surface area (Å²) in [5, 5.41) is 0. The lowest BCUT2D eigenvalue weighted by molar-refractivity contribution is -0.140. The Labute approximate surface area is 89.5 Å². The van der Waals surface area contributed by atoms with Gasteiger partial charge in [0, 0.05) is 12.3 Å². The molecule has 1 fully saturated rings. The van der Waals surface area contributed by atoms with Crippen molar-refractivity contribution in [3.05, 3.63) is 11.6 Å². The van der Waals surface area contributed by atoms with Gasteiger partial charge < -0.3 is 4.74 Å². The zero-order valence-electron chi connectivity index (χ0n) is 9.37.